The lowest BCUT2D eigenvalue weighted by atomic mass is 9.92. The summed E-state index contributed by atoms with van der Waals surface area (Å²) in [5, 5.41) is 2.11. The molecule has 4 rings (SSSR count). The van der Waals surface area contributed by atoms with E-state index in [1.807, 2.05) is 54.6 Å². The third-order valence-electron chi connectivity index (χ3n) is 4.21. The summed E-state index contributed by atoms with van der Waals surface area (Å²) in [5.41, 5.74) is 3.25. The first-order chi connectivity index (χ1) is 11.8. The number of carbonyl (C=O) groups is 1. The van der Waals surface area contributed by atoms with Crippen LogP contribution in [0.1, 0.15) is 15.9 Å². The van der Waals surface area contributed by atoms with Gasteiger partial charge >= 0.3 is 5.97 Å². The summed E-state index contributed by atoms with van der Waals surface area (Å²) in [6, 6.07) is 17.8. The van der Waals surface area contributed by atoms with Crippen LogP contribution in [0, 0.1) is 0 Å². The summed E-state index contributed by atoms with van der Waals surface area (Å²) >= 11 is 0. The average molecular weight is 320 g/mol. The molecule has 0 unspecified atom stereocenters. The summed E-state index contributed by atoms with van der Waals surface area (Å²) in [5.74, 6) is 0.398. The molecule has 0 aliphatic carbocycles. The summed E-state index contributed by atoms with van der Waals surface area (Å²) in [6.45, 7) is 0.464. The van der Waals surface area contributed by atoms with Gasteiger partial charge in [-0.05, 0) is 16.8 Å². The van der Waals surface area contributed by atoms with Crippen molar-refractivity contribution in [3.8, 4) is 16.9 Å². The first kappa shape index (κ1) is 14.7. The van der Waals surface area contributed by atoms with Crippen LogP contribution in [0.4, 0.5) is 0 Å². The number of esters is 1. The molecule has 4 nitrogen and oxygen atoms in total. The zero-order valence-electron chi connectivity index (χ0n) is 13.2. The van der Waals surface area contributed by atoms with Gasteiger partial charge in [0, 0.05) is 23.8 Å². The number of hydrogen-bond acceptors (Lipinski definition) is 4. The lowest BCUT2D eigenvalue weighted by molar-refractivity contribution is 0.0516. The number of rotatable bonds is 4. The molecule has 0 N–H and O–H groups in total. The van der Waals surface area contributed by atoms with E-state index < -0.39 is 0 Å². The number of benzene rings is 3. The van der Waals surface area contributed by atoms with Gasteiger partial charge in [-0.3, -0.25) is 0 Å². The van der Waals surface area contributed by atoms with Gasteiger partial charge in [0.15, 0.2) is 6.79 Å². The van der Waals surface area contributed by atoms with Crippen LogP contribution in [-0.4, -0.2) is 19.9 Å². The smallest absolute Gasteiger partial charge is 0.339 e. The molecule has 1 aliphatic rings. The van der Waals surface area contributed by atoms with Crippen LogP contribution in [0.25, 0.3) is 21.9 Å². The van der Waals surface area contributed by atoms with Gasteiger partial charge in [0.05, 0.1) is 5.56 Å². The van der Waals surface area contributed by atoms with E-state index in [0.717, 1.165) is 27.5 Å². The molecule has 0 saturated carbocycles. The Morgan fingerprint density at radius 3 is 2.75 bits per heavy atom. The zero-order valence-corrected chi connectivity index (χ0v) is 13.2. The van der Waals surface area contributed by atoms with Gasteiger partial charge in [0.2, 0.25) is 0 Å². The molecular formula is C20H16O4. The third kappa shape index (κ3) is 2.32. The molecule has 0 spiro atoms. The minimum absolute atomic E-state index is 0.144. The average Bonchev–Trinajstić information content (AvgIpc) is 3.01. The number of hydrogen-bond donors (Lipinski definition) is 0. The Labute approximate surface area is 139 Å². The summed E-state index contributed by atoms with van der Waals surface area (Å²) < 4.78 is 16.0. The number of fused-ring (bicyclic) bond motifs is 2. The largest absolute Gasteiger partial charge is 0.467 e. The molecule has 0 atom stereocenters. The molecule has 0 radical (unpaired) electrons. The van der Waals surface area contributed by atoms with E-state index in [2.05, 4.69) is 0 Å². The van der Waals surface area contributed by atoms with Crippen molar-refractivity contribution in [2.75, 3.05) is 13.9 Å². The number of carbonyl (C=O) groups excluding carboxylic acids is 1. The van der Waals surface area contributed by atoms with Crippen molar-refractivity contribution in [1.29, 1.82) is 0 Å². The van der Waals surface area contributed by atoms with Crippen molar-refractivity contribution < 1.29 is 19.0 Å². The van der Waals surface area contributed by atoms with E-state index in [0.29, 0.717) is 17.9 Å². The fraction of sp³-hybridized carbons (Fsp3) is 0.150. The number of ether oxygens (including phenoxy) is 3. The normalized spacial score (nSPS) is 13.0. The van der Waals surface area contributed by atoms with E-state index in [9.17, 15) is 4.79 Å². The van der Waals surface area contributed by atoms with Crippen LogP contribution in [0.5, 0.6) is 5.75 Å². The Bertz CT molecular complexity index is 930. The highest BCUT2D eigenvalue weighted by Gasteiger charge is 2.27. The maximum Gasteiger partial charge on any atom is 0.339 e. The Morgan fingerprint density at radius 2 is 1.88 bits per heavy atom. The minimum atomic E-state index is -0.286. The highest BCUT2D eigenvalue weighted by Crippen LogP contribution is 2.41. The molecule has 4 heteroatoms. The van der Waals surface area contributed by atoms with E-state index in [1.165, 1.54) is 0 Å². The maximum absolute atomic E-state index is 12.2. The van der Waals surface area contributed by atoms with Crippen molar-refractivity contribution in [2.24, 2.45) is 0 Å². The molecule has 0 fully saturated rings. The van der Waals surface area contributed by atoms with Crippen LogP contribution in [-0.2, 0) is 16.1 Å². The molecule has 3 aromatic rings. The minimum Gasteiger partial charge on any atom is -0.467 e. The van der Waals surface area contributed by atoms with Gasteiger partial charge in [-0.2, -0.15) is 0 Å². The van der Waals surface area contributed by atoms with Gasteiger partial charge in [-0.1, -0.05) is 48.5 Å². The van der Waals surface area contributed by atoms with Gasteiger partial charge in [0.25, 0.3) is 0 Å². The topological polar surface area (TPSA) is 44.8 Å². The van der Waals surface area contributed by atoms with E-state index >= 15 is 0 Å². The molecule has 1 aliphatic heterocycles. The van der Waals surface area contributed by atoms with Crippen LogP contribution in [0.3, 0.4) is 0 Å². The van der Waals surface area contributed by atoms with Crippen molar-refractivity contribution in [3.63, 3.8) is 0 Å². The molecule has 1 heterocycles. The fourth-order valence-electron chi connectivity index (χ4n) is 3.16. The van der Waals surface area contributed by atoms with E-state index in [4.69, 9.17) is 14.2 Å². The van der Waals surface area contributed by atoms with Gasteiger partial charge in [0.1, 0.15) is 12.4 Å². The first-order valence-electron chi connectivity index (χ1n) is 7.72. The summed E-state index contributed by atoms with van der Waals surface area (Å²) in [6.07, 6.45) is 0. The predicted octanol–water partition coefficient (Wildman–Crippen LogP) is 4.16. The van der Waals surface area contributed by atoms with E-state index in [-0.39, 0.29) is 12.8 Å². The monoisotopic (exact) mass is 320 g/mol. The zero-order chi connectivity index (χ0) is 16.5. The van der Waals surface area contributed by atoms with Gasteiger partial charge in [-0.15, -0.1) is 0 Å². The van der Waals surface area contributed by atoms with Crippen LogP contribution in [0.2, 0.25) is 0 Å². The molecule has 3 aromatic carbocycles. The third-order valence-corrected chi connectivity index (χ3v) is 4.21. The van der Waals surface area contributed by atoms with Crippen molar-refractivity contribution >= 4 is 16.7 Å². The van der Waals surface area contributed by atoms with Gasteiger partial charge in [-0.25, -0.2) is 4.79 Å². The maximum atomic E-state index is 12.2. The quantitative estimate of drug-likeness (QED) is 0.535. The Balaban J connectivity index is 2.02. The van der Waals surface area contributed by atoms with Crippen LogP contribution >= 0.6 is 0 Å². The lowest BCUT2D eigenvalue weighted by Gasteiger charge is -2.15. The Kier molecular flexibility index (Phi) is 3.67. The van der Waals surface area contributed by atoms with Crippen LogP contribution < -0.4 is 4.74 Å². The number of methoxy groups -OCH3 is 1. The molecule has 0 saturated heterocycles. The van der Waals surface area contributed by atoms with Crippen molar-refractivity contribution in [3.05, 3.63) is 65.7 Å². The van der Waals surface area contributed by atoms with Crippen molar-refractivity contribution in [1.82, 2.24) is 0 Å². The Morgan fingerprint density at radius 1 is 1.00 bits per heavy atom. The van der Waals surface area contributed by atoms with E-state index in [1.54, 1.807) is 7.11 Å². The highest BCUT2D eigenvalue weighted by atomic mass is 16.7. The summed E-state index contributed by atoms with van der Waals surface area (Å²) in [7, 11) is 1.58. The molecule has 0 bridgehead atoms. The Hall–Kier alpha value is -2.85. The fourth-order valence-corrected chi connectivity index (χ4v) is 3.16. The molecule has 24 heavy (non-hydrogen) atoms. The standard InChI is InChI=1S/C20H16O4/c1-22-12-24-17-10-9-13-5-2-3-7-15(13)19(17)16-8-4-6-14-11-23-20(21)18(14)16/h2-10H,11-12H2,1H3. The SMILES string of the molecule is COCOc1ccc2ccccc2c1-c1cccc2c1C(=O)OC2. The summed E-state index contributed by atoms with van der Waals surface area (Å²) in [4.78, 5) is 12.2. The molecule has 0 amide bonds. The molecule has 0 aromatic heterocycles. The predicted molar refractivity (Wildman–Crippen MR) is 91.0 cm³/mol. The molecular weight excluding hydrogens is 304 g/mol. The second kappa shape index (κ2) is 5.98. The van der Waals surface area contributed by atoms with Crippen molar-refractivity contribution in [2.45, 2.75) is 6.61 Å². The second-order valence-corrected chi connectivity index (χ2v) is 5.63. The first-order valence-corrected chi connectivity index (χ1v) is 7.72. The second-order valence-electron chi connectivity index (χ2n) is 5.63. The van der Waals surface area contributed by atoms with Crippen LogP contribution in [0.15, 0.2) is 54.6 Å². The lowest BCUT2D eigenvalue weighted by Crippen LogP contribution is -2.03. The highest BCUT2D eigenvalue weighted by molar-refractivity contribution is 6.07. The van der Waals surface area contributed by atoms with Gasteiger partial charge < -0.3 is 14.2 Å². The number of cyclic esters (lactones) is 1. The molecule has 120 valence electrons.